The van der Waals surface area contributed by atoms with Crippen molar-refractivity contribution in [2.75, 3.05) is 12.4 Å². The highest BCUT2D eigenvalue weighted by Crippen LogP contribution is 2.39. The van der Waals surface area contributed by atoms with Crippen LogP contribution >= 0.6 is 11.3 Å². The molecule has 1 aliphatic rings. The number of fused-ring (bicyclic) bond motifs is 1. The SMILES string of the molecule is COc1ccccc1C(=O)Nc1sc2c(c1C(=O)NC(N)=O)CCC2. The van der Waals surface area contributed by atoms with Crippen molar-refractivity contribution in [1.82, 2.24) is 5.32 Å². The summed E-state index contributed by atoms with van der Waals surface area (Å²) in [6.07, 6.45) is 2.53. The van der Waals surface area contributed by atoms with Crippen LogP contribution in [0, 0.1) is 0 Å². The lowest BCUT2D eigenvalue weighted by atomic mass is 10.1. The smallest absolute Gasteiger partial charge is 0.319 e. The van der Waals surface area contributed by atoms with Crippen LogP contribution in [0.3, 0.4) is 0 Å². The highest BCUT2D eigenvalue weighted by atomic mass is 32.1. The van der Waals surface area contributed by atoms with E-state index in [1.807, 2.05) is 0 Å². The van der Waals surface area contributed by atoms with Crippen LogP contribution in [-0.4, -0.2) is 25.0 Å². The molecule has 0 fully saturated rings. The molecule has 1 aromatic carbocycles. The van der Waals surface area contributed by atoms with Gasteiger partial charge in [-0.25, -0.2) is 4.79 Å². The molecule has 0 saturated carbocycles. The number of benzene rings is 1. The summed E-state index contributed by atoms with van der Waals surface area (Å²) in [7, 11) is 1.48. The van der Waals surface area contributed by atoms with Gasteiger partial charge in [0.25, 0.3) is 11.8 Å². The van der Waals surface area contributed by atoms with Gasteiger partial charge in [-0.3, -0.25) is 14.9 Å². The number of hydrogen-bond acceptors (Lipinski definition) is 5. The fourth-order valence-corrected chi connectivity index (χ4v) is 4.19. The van der Waals surface area contributed by atoms with Gasteiger partial charge in [-0.1, -0.05) is 12.1 Å². The summed E-state index contributed by atoms with van der Waals surface area (Å²) >= 11 is 1.35. The van der Waals surface area contributed by atoms with Crippen LogP contribution in [0.1, 0.15) is 37.6 Å². The Morgan fingerprint density at radius 3 is 2.64 bits per heavy atom. The molecule has 4 N–H and O–H groups in total. The average Bonchev–Trinajstić information content (AvgIpc) is 3.14. The summed E-state index contributed by atoms with van der Waals surface area (Å²) in [5.41, 5.74) is 6.61. The molecule has 1 heterocycles. The Morgan fingerprint density at radius 2 is 1.92 bits per heavy atom. The predicted octanol–water partition coefficient (Wildman–Crippen LogP) is 2.31. The molecule has 0 unspecified atom stereocenters. The topological polar surface area (TPSA) is 111 Å². The second kappa shape index (κ2) is 6.94. The Bertz CT molecular complexity index is 860. The van der Waals surface area contributed by atoms with Gasteiger partial charge in [-0.05, 0) is 37.0 Å². The van der Waals surface area contributed by atoms with Crippen LogP contribution in [0.4, 0.5) is 9.80 Å². The summed E-state index contributed by atoms with van der Waals surface area (Å²) in [4.78, 5) is 37.0. The molecule has 0 aliphatic heterocycles. The van der Waals surface area contributed by atoms with Crippen molar-refractivity contribution in [3.8, 4) is 5.75 Å². The van der Waals surface area contributed by atoms with E-state index in [1.54, 1.807) is 24.3 Å². The lowest BCUT2D eigenvalue weighted by Crippen LogP contribution is -2.35. The van der Waals surface area contributed by atoms with Crippen LogP contribution in [-0.2, 0) is 12.8 Å². The highest BCUT2D eigenvalue weighted by Gasteiger charge is 2.28. The molecule has 0 atom stereocenters. The first kappa shape index (κ1) is 17.0. The first-order valence-electron chi connectivity index (χ1n) is 7.71. The third-order valence-electron chi connectivity index (χ3n) is 3.96. The maximum absolute atomic E-state index is 12.6. The number of methoxy groups -OCH3 is 1. The summed E-state index contributed by atoms with van der Waals surface area (Å²) in [6.45, 7) is 0. The number of rotatable bonds is 4. The van der Waals surface area contributed by atoms with E-state index in [-0.39, 0.29) is 5.91 Å². The van der Waals surface area contributed by atoms with Gasteiger partial charge in [0.15, 0.2) is 0 Å². The number of aryl methyl sites for hydroxylation is 1. The molecule has 130 valence electrons. The van der Waals surface area contributed by atoms with E-state index in [9.17, 15) is 14.4 Å². The third kappa shape index (κ3) is 3.34. The van der Waals surface area contributed by atoms with Gasteiger partial charge in [-0.15, -0.1) is 11.3 Å². The van der Waals surface area contributed by atoms with Gasteiger partial charge in [0, 0.05) is 4.88 Å². The van der Waals surface area contributed by atoms with E-state index in [1.165, 1.54) is 18.4 Å². The molecule has 0 saturated heterocycles. The normalized spacial score (nSPS) is 12.4. The maximum atomic E-state index is 12.6. The average molecular weight is 359 g/mol. The molecule has 7 nitrogen and oxygen atoms in total. The monoisotopic (exact) mass is 359 g/mol. The number of para-hydroxylation sites is 1. The van der Waals surface area contributed by atoms with Gasteiger partial charge >= 0.3 is 6.03 Å². The van der Waals surface area contributed by atoms with E-state index in [2.05, 4.69) is 10.6 Å². The van der Waals surface area contributed by atoms with Gasteiger partial charge in [0.1, 0.15) is 10.8 Å². The number of anilines is 1. The van der Waals surface area contributed by atoms with Crippen LogP contribution in [0.15, 0.2) is 24.3 Å². The molecule has 0 bridgehead atoms. The number of carbonyl (C=O) groups excluding carboxylic acids is 3. The van der Waals surface area contributed by atoms with Crippen molar-refractivity contribution < 1.29 is 19.1 Å². The van der Waals surface area contributed by atoms with Crippen LogP contribution in [0.25, 0.3) is 0 Å². The summed E-state index contributed by atoms with van der Waals surface area (Å²) in [6, 6.07) is 5.89. The van der Waals surface area contributed by atoms with E-state index in [0.717, 1.165) is 29.7 Å². The van der Waals surface area contributed by atoms with Gasteiger partial charge in [0.05, 0.1) is 18.2 Å². The van der Waals surface area contributed by atoms with E-state index < -0.39 is 11.9 Å². The minimum absolute atomic E-state index is 0.319. The Kier molecular flexibility index (Phi) is 4.71. The fourth-order valence-electron chi connectivity index (χ4n) is 2.91. The van der Waals surface area contributed by atoms with Crippen LogP contribution < -0.4 is 21.1 Å². The van der Waals surface area contributed by atoms with Gasteiger partial charge in [0.2, 0.25) is 0 Å². The van der Waals surface area contributed by atoms with Gasteiger partial charge in [-0.2, -0.15) is 0 Å². The van der Waals surface area contributed by atoms with Crippen molar-refractivity contribution in [3.63, 3.8) is 0 Å². The molecule has 3 rings (SSSR count). The number of thiophene rings is 1. The molecule has 2 aromatic rings. The lowest BCUT2D eigenvalue weighted by molar-refractivity contribution is 0.0966. The Balaban J connectivity index is 1.94. The van der Waals surface area contributed by atoms with E-state index in [0.29, 0.717) is 21.9 Å². The van der Waals surface area contributed by atoms with Crippen LogP contribution in [0.5, 0.6) is 5.75 Å². The van der Waals surface area contributed by atoms with Crippen molar-refractivity contribution in [1.29, 1.82) is 0 Å². The van der Waals surface area contributed by atoms with E-state index >= 15 is 0 Å². The number of amides is 4. The number of hydrogen-bond donors (Lipinski definition) is 3. The number of urea groups is 1. The molecule has 1 aliphatic carbocycles. The third-order valence-corrected chi connectivity index (χ3v) is 5.17. The summed E-state index contributed by atoms with van der Waals surface area (Å²) < 4.78 is 5.20. The zero-order valence-corrected chi connectivity index (χ0v) is 14.4. The quantitative estimate of drug-likeness (QED) is 0.778. The van der Waals surface area contributed by atoms with Crippen molar-refractivity contribution in [3.05, 3.63) is 45.8 Å². The number of nitrogens with one attached hydrogen (secondary N) is 2. The second-order valence-corrected chi connectivity index (χ2v) is 6.64. The van der Waals surface area contributed by atoms with Gasteiger partial charge < -0.3 is 15.8 Å². The largest absolute Gasteiger partial charge is 0.496 e. The van der Waals surface area contributed by atoms with E-state index in [4.69, 9.17) is 10.5 Å². The Hall–Kier alpha value is -2.87. The molecule has 1 aromatic heterocycles. The first-order chi connectivity index (χ1) is 12.0. The molecule has 8 heteroatoms. The number of ether oxygens (including phenoxy) is 1. The lowest BCUT2D eigenvalue weighted by Gasteiger charge is -2.10. The zero-order chi connectivity index (χ0) is 18.0. The zero-order valence-electron chi connectivity index (χ0n) is 13.5. The number of imide groups is 1. The minimum Gasteiger partial charge on any atom is -0.496 e. The molecule has 25 heavy (non-hydrogen) atoms. The first-order valence-corrected chi connectivity index (χ1v) is 8.52. The Labute approximate surface area is 148 Å². The standard InChI is InChI=1S/C17H17N3O4S/c1-24-11-7-3-2-5-9(11)14(21)19-16-13(15(22)20-17(18)23)10-6-4-8-12(10)25-16/h2-3,5,7H,4,6,8H2,1H3,(H,19,21)(H3,18,20,22,23). The number of nitrogens with two attached hydrogens (primary N) is 1. The molecule has 4 amide bonds. The number of primary amides is 1. The summed E-state index contributed by atoms with van der Waals surface area (Å²) in [5, 5.41) is 5.27. The molecular formula is C17H17N3O4S. The second-order valence-electron chi connectivity index (χ2n) is 5.53. The molecular weight excluding hydrogens is 342 g/mol. The maximum Gasteiger partial charge on any atom is 0.319 e. The minimum atomic E-state index is -0.926. The number of carbonyl (C=O) groups is 3. The summed E-state index contributed by atoms with van der Waals surface area (Å²) in [5.74, 6) is -0.542. The predicted molar refractivity (Wildman–Crippen MR) is 94.3 cm³/mol. The fraction of sp³-hybridized carbons (Fsp3) is 0.235. The van der Waals surface area contributed by atoms with Crippen molar-refractivity contribution in [2.45, 2.75) is 19.3 Å². The Morgan fingerprint density at radius 1 is 1.16 bits per heavy atom. The van der Waals surface area contributed by atoms with Crippen LogP contribution in [0.2, 0.25) is 0 Å². The molecule has 0 spiro atoms. The highest BCUT2D eigenvalue weighted by molar-refractivity contribution is 7.17. The van der Waals surface area contributed by atoms with Crippen molar-refractivity contribution >= 4 is 34.2 Å². The van der Waals surface area contributed by atoms with Crippen molar-refractivity contribution in [2.24, 2.45) is 5.73 Å². The molecule has 0 radical (unpaired) electrons.